The van der Waals surface area contributed by atoms with Crippen molar-refractivity contribution in [3.05, 3.63) is 35.1 Å². The van der Waals surface area contributed by atoms with Gasteiger partial charge < -0.3 is 15.1 Å². The Morgan fingerprint density at radius 2 is 2.26 bits per heavy atom. The van der Waals surface area contributed by atoms with Crippen molar-refractivity contribution < 1.29 is 19.4 Å². The number of aliphatic hydroxyl groups is 2. The van der Waals surface area contributed by atoms with E-state index in [-0.39, 0.29) is 24.3 Å². The Morgan fingerprint density at radius 1 is 1.52 bits per heavy atom. The van der Waals surface area contributed by atoms with Crippen molar-refractivity contribution in [3.63, 3.8) is 0 Å². The highest BCUT2D eigenvalue weighted by Crippen LogP contribution is 2.36. The maximum atomic E-state index is 13.5. The minimum absolute atomic E-state index is 0.0848. The number of aliphatic hydroxyl groups excluding tert-OH is 2. The zero-order valence-corrected chi connectivity index (χ0v) is 13.1. The lowest BCUT2D eigenvalue weighted by Gasteiger charge is -2.44. The highest BCUT2D eigenvalue weighted by atomic mass is 19.1. The molecule has 1 amide bonds. The summed E-state index contributed by atoms with van der Waals surface area (Å²) >= 11 is 0. The standard InChI is InChI=1S/C17H21FN2O3/c1-2-3-17(11-21)4-5-20(10-15(17)22)16(23)13-6-12(9-19)7-14(18)8-13/h6-8,15,21-22H,2-5,10-11H2,1H3/t15-,17+/m0/s1. The van der Waals surface area contributed by atoms with Gasteiger partial charge in [-0.1, -0.05) is 13.3 Å². The van der Waals surface area contributed by atoms with Crippen LogP contribution in [0.3, 0.4) is 0 Å². The summed E-state index contributed by atoms with van der Waals surface area (Å²) in [6.07, 6.45) is 1.19. The molecular formula is C17H21FN2O3. The molecule has 1 aromatic rings. The molecule has 2 rings (SSSR count). The number of piperidine rings is 1. The highest BCUT2D eigenvalue weighted by molar-refractivity contribution is 5.94. The van der Waals surface area contributed by atoms with E-state index in [9.17, 15) is 19.4 Å². The molecule has 0 spiro atoms. The second-order valence-electron chi connectivity index (χ2n) is 6.13. The van der Waals surface area contributed by atoms with Gasteiger partial charge in [-0.25, -0.2) is 4.39 Å². The normalized spacial score (nSPS) is 24.3. The summed E-state index contributed by atoms with van der Waals surface area (Å²) in [6.45, 7) is 2.34. The molecule has 5 nitrogen and oxygen atoms in total. The molecule has 6 heteroatoms. The van der Waals surface area contributed by atoms with Crippen molar-refractivity contribution in [2.24, 2.45) is 5.41 Å². The van der Waals surface area contributed by atoms with Gasteiger partial charge in [0.25, 0.3) is 5.91 Å². The summed E-state index contributed by atoms with van der Waals surface area (Å²) in [6, 6.07) is 5.33. The number of hydrogen-bond donors (Lipinski definition) is 2. The number of rotatable bonds is 4. The van der Waals surface area contributed by atoms with Crippen molar-refractivity contribution in [2.45, 2.75) is 32.3 Å². The first-order valence-electron chi connectivity index (χ1n) is 7.74. The number of hydrogen-bond acceptors (Lipinski definition) is 4. The molecular weight excluding hydrogens is 299 g/mol. The Hall–Kier alpha value is -1.97. The molecule has 0 aromatic heterocycles. The van der Waals surface area contributed by atoms with Gasteiger partial charge in [-0.15, -0.1) is 0 Å². The van der Waals surface area contributed by atoms with Crippen molar-refractivity contribution in [3.8, 4) is 6.07 Å². The molecule has 124 valence electrons. The quantitative estimate of drug-likeness (QED) is 0.884. The highest BCUT2D eigenvalue weighted by Gasteiger charge is 2.42. The maximum Gasteiger partial charge on any atom is 0.254 e. The molecule has 0 saturated carbocycles. The molecule has 23 heavy (non-hydrogen) atoms. The second kappa shape index (κ2) is 7.07. The smallest absolute Gasteiger partial charge is 0.254 e. The lowest BCUT2D eigenvalue weighted by molar-refractivity contribution is -0.0713. The van der Waals surface area contributed by atoms with Crippen LogP contribution in [0.2, 0.25) is 0 Å². The first-order valence-corrected chi connectivity index (χ1v) is 7.74. The minimum Gasteiger partial charge on any atom is -0.396 e. The van der Waals surface area contributed by atoms with E-state index >= 15 is 0 Å². The van der Waals surface area contributed by atoms with Crippen LogP contribution in [0.15, 0.2) is 18.2 Å². The number of benzene rings is 1. The Kier molecular flexibility index (Phi) is 5.34. The predicted octanol–water partition coefficient (Wildman–Crippen LogP) is 1.68. The molecule has 0 unspecified atom stereocenters. The molecule has 0 bridgehead atoms. The van der Waals surface area contributed by atoms with Gasteiger partial charge in [0.15, 0.2) is 0 Å². The Bertz CT molecular complexity index is 629. The molecule has 1 aliphatic heterocycles. The topological polar surface area (TPSA) is 84.6 Å². The van der Waals surface area contributed by atoms with E-state index < -0.39 is 23.2 Å². The van der Waals surface area contributed by atoms with Crippen LogP contribution >= 0.6 is 0 Å². The number of nitriles is 1. The Balaban J connectivity index is 2.17. The van der Waals surface area contributed by atoms with Crippen molar-refractivity contribution >= 4 is 5.91 Å². The van der Waals surface area contributed by atoms with Crippen LogP contribution in [0.1, 0.15) is 42.1 Å². The lowest BCUT2D eigenvalue weighted by Crippen LogP contribution is -2.54. The summed E-state index contributed by atoms with van der Waals surface area (Å²) in [5.41, 5.74) is -0.395. The fraction of sp³-hybridized carbons (Fsp3) is 0.529. The number of likely N-dealkylation sites (tertiary alicyclic amines) is 1. The van der Waals surface area contributed by atoms with E-state index in [4.69, 9.17) is 5.26 Å². The maximum absolute atomic E-state index is 13.5. The molecule has 1 aliphatic rings. The number of carbonyl (C=O) groups excluding carboxylic acids is 1. The summed E-state index contributed by atoms with van der Waals surface area (Å²) in [5.74, 6) is -1.05. The summed E-state index contributed by atoms with van der Waals surface area (Å²) in [7, 11) is 0. The number of amides is 1. The van der Waals surface area contributed by atoms with Crippen LogP contribution in [-0.4, -0.2) is 46.8 Å². The summed E-state index contributed by atoms with van der Waals surface area (Å²) < 4.78 is 13.5. The van der Waals surface area contributed by atoms with Gasteiger partial charge in [0.1, 0.15) is 5.82 Å². The largest absolute Gasteiger partial charge is 0.396 e. The third-order valence-electron chi connectivity index (χ3n) is 4.60. The van der Waals surface area contributed by atoms with Crippen LogP contribution < -0.4 is 0 Å². The average Bonchev–Trinajstić information content (AvgIpc) is 2.55. The zero-order chi connectivity index (χ0) is 17.0. The molecule has 1 saturated heterocycles. The third-order valence-corrected chi connectivity index (χ3v) is 4.60. The van der Waals surface area contributed by atoms with Crippen LogP contribution in [0.4, 0.5) is 4.39 Å². The molecule has 1 heterocycles. The van der Waals surface area contributed by atoms with E-state index in [1.807, 2.05) is 13.0 Å². The lowest BCUT2D eigenvalue weighted by atomic mass is 9.73. The van der Waals surface area contributed by atoms with E-state index in [1.165, 1.54) is 11.0 Å². The van der Waals surface area contributed by atoms with E-state index in [0.29, 0.717) is 19.4 Å². The monoisotopic (exact) mass is 320 g/mol. The molecule has 1 fully saturated rings. The van der Waals surface area contributed by atoms with Crippen LogP contribution in [0, 0.1) is 22.6 Å². The SMILES string of the molecule is CCC[C@]1(CO)CCN(C(=O)c2cc(F)cc(C#N)c2)C[C@@H]1O. The average molecular weight is 320 g/mol. The van der Waals surface area contributed by atoms with Gasteiger partial charge in [0.05, 0.1) is 24.3 Å². The third kappa shape index (κ3) is 3.52. The van der Waals surface area contributed by atoms with Crippen LogP contribution in [0.25, 0.3) is 0 Å². The molecule has 0 radical (unpaired) electrons. The minimum atomic E-state index is -0.825. The van der Waals surface area contributed by atoms with Crippen LogP contribution in [-0.2, 0) is 0 Å². The van der Waals surface area contributed by atoms with Gasteiger partial charge in [0.2, 0.25) is 0 Å². The van der Waals surface area contributed by atoms with Gasteiger partial charge >= 0.3 is 0 Å². The van der Waals surface area contributed by atoms with Crippen molar-refractivity contribution in [1.29, 1.82) is 5.26 Å². The Morgan fingerprint density at radius 3 is 2.83 bits per heavy atom. The van der Waals surface area contributed by atoms with Crippen molar-refractivity contribution in [2.75, 3.05) is 19.7 Å². The van der Waals surface area contributed by atoms with Crippen LogP contribution in [0.5, 0.6) is 0 Å². The second-order valence-corrected chi connectivity index (χ2v) is 6.13. The van der Waals surface area contributed by atoms with Gasteiger partial charge in [-0.05, 0) is 31.0 Å². The van der Waals surface area contributed by atoms with E-state index in [2.05, 4.69) is 0 Å². The Labute approximate surface area is 135 Å². The fourth-order valence-electron chi connectivity index (χ4n) is 3.22. The molecule has 0 aliphatic carbocycles. The first kappa shape index (κ1) is 17.4. The summed E-state index contributed by atoms with van der Waals surface area (Å²) in [5, 5.41) is 28.9. The number of nitrogens with zero attached hydrogens (tertiary/aromatic N) is 2. The fourth-order valence-corrected chi connectivity index (χ4v) is 3.22. The number of β-amino-alcohol motifs (C(OH)–C–C–N with tert-alkyl or cyclic N) is 1. The van der Waals surface area contributed by atoms with Gasteiger partial charge in [-0.3, -0.25) is 4.79 Å². The van der Waals surface area contributed by atoms with Gasteiger partial charge in [0, 0.05) is 24.1 Å². The van der Waals surface area contributed by atoms with Gasteiger partial charge in [-0.2, -0.15) is 5.26 Å². The van der Waals surface area contributed by atoms with E-state index in [0.717, 1.165) is 18.6 Å². The molecule has 2 N–H and O–H groups in total. The summed E-state index contributed by atoms with van der Waals surface area (Å²) in [4.78, 5) is 13.9. The van der Waals surface area contributed by atoms with Crippen molar-refractivity contribution in [1.82, 2.24) is 4.90 Å². The number of halogens is 1. The number of carbonyl (C=O) groups is 1. The predicted molar refractivity (Wildman–Crippen MR) is 82.1 cm³/mol. The zero-order valence-electron chi connectivity index (χ0n) is 13.1. The first-order chi connectivity index (χ1) is 11.0. The molecule has 1 aromatic carbocycles. The molecule has 2 atom stereocenters. The van der Waals surface area contributed by atoms with E-state index in [1.54, 1.807) is 0 Å².